The molecule has 1 rings (SSSR count). The molecule has 0 aromatic rings. The van der Waals surface area contributed by atoms with Crippen molar-refractivity contribution in [3.8, 4) is 0 Å². The van der Waals surface area contributed by atoms with E-state index in [9.17, 15) is 37.9 Å². The van der Waals surface area contributed by atoms with Crippen LogP contribution in [0.1, 0.15) is 174 Å². The number of rotatable bonds is 33. The van der Waals surface area contributed by atoms with Crippen LogP contribution in [0.4, 0.5) is 0 Å². The van der Waals surface area contributed by atoms with Crippen molar-refractivity contribution in [3.63, 3.8) is 0 Å². The van der Waals surface area contributed by atoms with Crippen LogP contribution in [0, 0.1) is 0 Å². The number of hydrogen-bond acceptors (Lipinski definition) is 11. The third-order valence-corrected chi connectivity index (χ3v) is 10.2. The largest absolute Gasteiger partial charge is 0.462 e. The molecular formula is C38H72O12S. The van der Waals surface area contributed by atoms with Gasteiger partial charge in [-0.25, -0.2) is 0 Å². The van der Waals surface area contributed by atoms with Gasteiger partial charge in [-0.1, -0.05) is 149 Å². The molecule has 0 aliphatic carbocycles. The summed E-state index contributed by atoms with van der Waals surface area (Å²) < 4.78 is 53.8. The highest BCUT2D eigenvalue weighted by Crippen LogP contribution is 2.24. The number of aliphatic hydroxyl groups is 3. The first kappa shape index (κ1) is 47.7. The lowest BCUT2D eigenvalue weighted by Gasteiger charge is -2.40. The molecule has 0 aromatic carbocycles. The smallest absolute Gasteiger partial charge is 0.306 e. The molecule has 12 nitrogen and oxygen atoms in total. The number of esters is 2. The lowest BCUT2D eigenvalue weighted by Crippen LogP contribution is -2.60. The standard InChI is InChI=1S/C38H72O12S/c1-3-5-7-9-11-13-15-17-19-21-23-25-27-34(40)49-31(28-47-33(39)26-24-22-20-18-16-14-12-10-8-6-4-2)29-48-38-37(43)36(42)35(41)32(50-38)30-51(44,45)46/h31-32,35-38,41-43H,3-30H2,1-2H3,(H,44,45,46). The van der Waals surface area contributed by atoms with Crippen LogP contribution in [0.2, 0.25) is 0 Å². The van der Waals surface area contributed by atoms with Gasteiger partial charge in [-0.3, -0.25) is 14.1 Å². The molecule has 0 spiro atoms. The lowest BCUT2D eigenvalue weighted by molar-refractivity contribution is -0.297. The number of ether oxygens (including phenoxy) is 4. The summed E-state index contributed by atoms with van der Waals surface area (Å²) in [5.41, 5.74) is 0. The topological polar surface area (TPSA) is 186 Å². The van der Waals surface area contributed by atoms with Gasteiger partial charge in [0.2, 0.25) is 0 Å². The predicted octanol–water partition coefficient (Wildman–Crippen LogP) is 6.95. The summed E-state index contributed by atoms with van der Waals surface area (Å²) in [6.07, 6.45) is 17.3. The lowest BCUT2D eigenvalue weighted by atomic mass is 10.00. The minimum absolute atomic E-state index is 0.171. The summed E-state index contributed by atoms with van der Waals surface area (Å²) in [5, 5.41) is 30.7. The molecule has 4 N–H and O–H groups in total. The minimum atomic E-state index is -4.59. The Morgan fingerprint density at radius 3 is 1.43 bits per heavy atom. The second-order valence-corrected chi connectivity index (χ2v) is 15.8. The van der Waals surface area contributed by atoms with Gasteiger partial charge in [0.1, 0.15) is 36.8 Å². The van der Waals surface area contributed by atoms with Crippen molar-refractivity contribution in [2.75, 3.05) is 19.0 Å². The fourth-order valence-electron chi connectivity index (χ4n) is 6.26. The zero-order valence-electron chi connectivity index (χ0n) is 31.7. The van der Waals surface area contributed by atoms with Crippen molar-refractivity contribution in [1.29, 1.82) is 0 Å². The zero-order valence-corrected chi connectivity index (χ0v) is 32.5. The van der Waals surface area contributed by atoms with Crippen LogP contribution < -0.4 is 0 Å². The van der Waals surface area contributed by atoms with Crippen LogP contribution in [0.15, 0.2) is 0 Å². The molecule has 1 aliphatic rings. The van der Waals surface area contributed by atoms with E-state index in [-0.39, 0.29) is 19.4 Å². The Morgan fingerprint density at radius 2 is 1.00 bits per heavy atom. The third kappa shape index (κ3) is 25.3. The summed E-state index contributed by atoms with van der Waals surface area (Å²) in [4.78, 5) is 25.2. The SMILES string of the molecule is CCCCCCCCCCCCCCC(=O)OC(COC(=O)CCCCCCCCCCCCC)COC1OC(CS(=O)(=O)O)C(O)C(O)C1O. The van der Waals surface area contributed by atoms with Crippen LogP contribution in [0.5, 0.6) is 0 Å². The highest BCUT2D eigenvalue weighted by molar-refractivity contribution is 7.85. The Bertz CT molecular complexity index is 978. The number of aliphatic hydroxyl groups excluding tert-OH is 3. The van der Waals surface area contributed by atoms with Crippen molar-refractivity contribution in [1.82, 2.24) is 0 Å². The molecule has 0 amide bonds. The maximum atomic E-state index is 12.7. The van der Waals surface area contributed by atoms with Gasteiger partial charge in [0.15, 0.2) is 12.4 Å². The minimum Gasteiger partial charge on any atom is -0.462 e. The van der Waals surface area contributed by atoms with Crippen LogP contribution in [-0.2, 0) is 38.7 Å². The van der Waals surface area contributed by atoms with Crippen LogP contribution in [0.25, 0.3) is 0 Å². The number of carbonyl (C=O) groups excluding carboxylic acids is 2. The summed E-state index contributed by atoms with van der Waals surface area (Å²) in [6, 6.07) is 0. The fourth-order valence-corrected chi connectivity index (χ4v) is 6.96. The van der Waals surface area contributed by atoms with Gasteiger partial charge in [0.05, 0.1) is 6.61 Å². The Kier molecular flexibility index (Phi) is 28.1. The monoisotopic (exact) mass is 752 g/mol. The number of hydrogen-bond donors (Lipinski definition) is 4. The van der Waals surface area contributed by atoms with E-state index < -0.39 is 71.2 Å². The van der Waals surface area contributed by atoms with Crippen LogP contribution in [0.3, 0.4) is 0 Å². The van der Waals surface area contributed by atoms with E-state index in [4.69, 9.17) is 18.9 Å². The summed E-state index contributed by atoms with van der Waals surface area (Å²) in [7, 11) is -4.59. The van der Waals surface area contributed by atoms with Gasteiger partial charge in [0, 0.05) is 12.8 Å². The summed E-state index contributed by atoms with van der Waals surface area (Å²) >= 11 is 0. The van der Waals surface area contributed by atoms with Gasteiger partial charge in [0.25, 0.3) is 10.1 Å². The van der Waals surface area contributed by atoms with Crippen molar-refractivity contribution < 1.29 is 56.8 Å². The van der Waals surface area contributed by atoms with Crippen molar-refractivity contribution in [2.24, 2.45) is 0 Å². The molecule has 51 heavy (non-hydrogen) atoms. The van der Waals surface area contributed by atoms with Crippen LogP contribution in [-0.4, -0.2) is 96.0 Å². The number of unbranched alkanes of at least 4 members (excludes halogenated alkanes) is 21. The highest BCUT2D eigenvalue weighted by atomic mass is 32.2. The van der Waals surface area contributed by atoms with Gasteiger partial charge in [-0.2, -0.15) is 8.42 Å². The fraction of sp³-hybridized carbons (Fsp3) is 0.947. The van der Waals surface area contributed by atoms with Crippen molar-refractivity contribution in [2.45, 2.75) is 211 Å². The molecule has 13 heteroatoms. The zero-order chi connectivity index (χ0) is 37.7. The Balaban J connectivity index is 2.51. The quantitative estimate of drug-likeness (QED) is 0.0308. The first-order valence-corrected chi connectivity index (χ1v) is 21.7. The summed E-state index contributed by atoms with van der Waals surface area (Å²) in [6.45, 7) is 3.73. The molecule has 0 aromatic heterocycles. The highest BCUT2D eigenvalue weighted by Gasteiger charge is 2.46. The molecule has 6 atom stereocenters. The molecule has 1 fully saturated rings. The van der Waals surface area contributed by atoms with Crippen molar-refractivity contribution >= 4 is 22.1 Å². The normalized spacial score (nSPS) is 21.4. The first-order valence-electron chi connectivity index (χ1n) is 20.1. The van der Waals surface area contributed by atoms with E-state index in [1.165, 1.54) is 96.3 Å². The first-order chi connectivity index (χ1) is 24.5. The third-order valence-electron chi connectivity index (χ3n) is 9.44. The second-order valence-electron chi connectivity index (χ2n) is 14.3. The van der Waals surface area contributed by atoms with E-state index in [0.717, 1.165) is 38.5 Å². The van der Waals surface area contributed by atoms with Gasteiger partial charge in [-0.05, 0) is 12.8 Å². The molecule has 302 valence electrons. The Labute approximate surface area is 308 Å². The molecule has 0 bridgehead atoms. The molecular weight excluding hydrogens is 680 g/mol. The van der Waals surface area contributed by atoms with E-state index in [1.807, 2.05) is 0 Å². The van der Waals surface area contributed by atoms with E-state index in [2.05, 4.69) is 13.8 Å². The molecule has 0 radical (unpaired) electrons. The maximum Gasteiger partial charge on any atom is 0.306 e. The molecule has 6 unspecified atom stereocenters. The molecule has 1 saturated heterocycles. The molecule has 1 aliphatic heterocycles. The van der Waals surface area contributed by atoms with Crippen LogP contribution >= 0.6 is 0 Å². The van der Waals surface area contributed by atoms with E-state index in [0.29, 0.717) is 12.8 Å². The second kappa shape index (κ2) is 30.0. The average molecular weight is 753 g/mol. The maximum absolute atomic E-state index is 12.7. The predicted molar refractivity (Wildman–Crippen MR) is 197 cm³/mol. The Hall–Kier alpha value is -1.35. The molecule has 1 heterocycles. The Morgan fingerprint density at radius 1 is 0.588 bits per heavy atom. The van der Waals surface area contributed by atoms with Gasteiger partial charge < -0.3 is 34.3 Å². The average Bonchev–Trinajstić information content (AvgIpc) is 3.09. The van der Waals surface area contributed by atoms with Crippen molar-refractivity contribution in [3.05, 3.63) is 0 Å². The van der Waals surface area contributed by atoms with E-state index in [1.54, 1.807) is 0 Å². The summed E-state index contributed by atoms with van der Waals surface area (Å²) in [5.74, 6) is -1.97. The van der Waals surface area contributed by atoms with E-state index >= 15 is 0 Å². The number of carbonyl (C=O) groups is 2. The van der Waals surface area contributed by atoms with Gasteiger partial charge in [-0.15, -0.1) is 0 Å². The van der Waals surface area contributed by atoms with Gasteiger partial charge >= 0.3 is 11.9 Å². The molecule has 0 saturated carbocycles.